The summed E-state index contributed by atoms with van der Waals surface area (Å²) in [7, 11) is -3.95. The molecule has 0 saturated carbocycles. The van der Waals surface area contributed by atoms with Crippen LogP contribution < -0.4 is 0 Å². The summed E-state index contributed by atoms with van der Waals surface area (Å²) in [6.45, 7) is 3.35. The van der Waals surface area contributed by atoms with Gasteiger partial charge in [0, 0.05) is 6.42 Å². The van der Waals surface area contributed by atoms with Gasteiger partial charge in [-0.05, 0) is 51.2 Å². The lowest BCUT2D eigenvalue weighted by molar-refractivity contribution is -0.147. The molecule has 0 spiro atoms. The molecule has 0 aliphatic heterocycles. The molecule has 0 heterocycles. The second kappa shape index (κ2) is 19.5. The molecular weight excluding hydrogens is 464 g/mol. The Kier molecular flexibility index (Phi) is 17.4. The third-order valence-electron chi connectivity index (χ3n) is 5.80. The number of carbonyl (C=O) groups is 1. The number of carbonyl (C=O) groups excluding carboxylic acids is 1. The lowest BCUT2D eigenvalue weighted by atomic mass is 10.1. The Morgan fingerprint density at radius 1 is 0.857 bits per heavy atom. The highest BCUT2D eigenvalue weighted by atomic mass is 32.2. The van der Waals surface area contributed by atoms with Crippen molar-refractivity contribution in [1.82, 2.24) is 0 Å². The Balaban J connectivity index is 1.98. The highest BCUT2D eigenvalue weighted by Gasteiger charge is 2.18. The molecule has 1 aromatic rings. The highest BCUT2D eigenvalue weighted by Crippen LogP contribution is 2.14. The number of unbranched alkanes of at least 4 members (excludes halogenated alkanes) is 11. The van der Waals surface area contributed by atoms with E-state index in [4.69, 9.17) is 8.92 Å². The molecule has 1 N–H and O–H groups in total. The minimum absolute atomic E-state index is 0.0245. The fraction of sp³-hybridized carbons (Fsp3) is 0.679. The van der Waals surface area contributed by atoms with Crippen LogP contribution in [0, 0.1) is 6.92 Å². The van der Waals surface area contributed by atoms with E-state index in [1.54, 1.807) is 12.1 Å². The van der Waals surface area contributed by atoms with Crippen molar-refractivity contribution >= 4 is 16.1 Å². The number of aliphatic hydroxyl groups excluding tert-OH is 1. The maximum absolute atomic E-state index is 12.1. The zero-order valence-electron chi connectivity index (χ0n) is 21.8. The van der Waals surface area contributed by atoms with Crippen LogP contribution in [0.5, 0.6) is 0 Å². The van der Waals surface area contributed by atoms with E-state index < -0.39 is 22.8 Å². The summed E-state index contributed by atoms with van der Waals surface area (Å²) in [4.78, 5) is 11.9. The van der Waals surface area contributed by atoms with Crippen molar-refractivity contribution in [2.24, 2.45) is 0 Å². The summed E-state index contributed by atoms with van der Waals surface area (Å²) < 4.78 is 34.1. The first-order valence-corrected chi connectivity index (χ1v) is 14.7. The molecule has 6 nitrogen and oxygen atoms in total. The van der Waals surface area contributed by atoms with Gasteiger partial charge in [-0.1, -0.05) is 88.1 Å². The van der Waals surface area contributed by atoms with Crippen molar-refractivity contribution in [2.75, 3.05) is 13.2 Å². The van der Waals surface area contributed by atoms with Gasteiger partial charge in [-0.25, -0.2) is 0 Å². The van der Waals surface area contributed by atoms with Gasteiger partial charge in [0.1, 0.15) is 12.7 Å². The number of esters is 1. The molecular formula is C28H46O6S. The van der Waals surface area contributed by atoms with E-state index in [0.717, 1.165) is 37.7 Å². The van der Waals surface area contributed by atoms with Crippen molar-refractivity contribution in [2.45, 2.75) is 115 Å². The predicted molar refractivity (Wildman–Crippen MR) is 141 cm³/mol. The summed E-state index contributed by atoms with van der Waals surface area (Å²) in [5.41, 5.74) is 0.933. The number of rotatable bonds is 21. The topological polar surface area (TPSA) is 89.9 Å². The molecule has 1 aromatic carbocycles. The highest BCUT2D eigenvalue weighted by molar-refractivity contribution is 7.86. The Labute approximate surface area is 213 Å². The van der Waals surface area contributed by atoms with Gasteiger partial charge >= 0.3 is 5.97 Å². The van der Waals surface area contributed by atoms with E-state index in [9.17, 15) is 18.3 Å². The van der Waals surface area contributed by atoms with Crippen LogP contribution in [-0.4, -0.2) is 38.8 Å². The van der Waals surface area contributed by atoms with Gasteiger partial charge < -0.3 is 9.84 Å². The molecule has 0 aromatic heterocycles. The average Bonchev–Trinajstić information content (AvgIpc) is 2.84. The minimum Gasteiger partial charge on any atom is -0.463 e. The molecule has 200 valence electrons. The smallest absolute Gasteiger partial charge is 0.305 e. The summed E-state index contributed by atoms with van der Waals surface area (Å²) in [6, 6.07) is 6.24. The van der Waals surface area contributed by atoms with Crippen LogP contribution in [0.2, 0.25) is 0 Å². The number of hydrogen-bond donors (Lipinski definition) is 1. The fourth-order valence-corrected chi connectivity index (χ4v) is 4.53. The van der Waals surface area contributed by atoms with Gasteiger partial charge in [-0.15, -0.1) is 0 Å². The van der Waals surface area contributed by atoms with Gasteiger partial charge in [0.15, 0.2) is 0 Å². The number of ether oxygens (including phenoxy) is 1. The standard InChI is InChI=1S/C28H46O6S/c1-3-4-5-6-7-8-9-10-11-12-13-14-15-16-17-18-28(30)33-23-26(29)24-34-35(31,32)27-21-19-25(2)20-22-27/h10-11,19-22,26,29H,3-9,12-18,23-24H2,1-2H3/b11-10-. The third-order valence-corrected chi connectivity index (χ3v) is 7.10. The number of aliphatic hydroxyl groups is 1. The van der Waals surface area contributed by atoms with Crippen LogP contribution in [0.3, 0.4) is 0 Å². The molecule has 7 heteroatoms. The number of hydrogen-bond acceptors (Lipinski definition) is 6. The Bertz CT molecular complexity index is 801. The molecule has 1 atom stereocenters. The fourth-order valence-electron chi connectivity index (χ4n) is 3.59. The molecule has 0 amide bonds. The van der Waals surface area contributed by atoms with Crippen LogP contribution in [0.4, 0.5) is 0 Å². The van der Waals surface area contributed by atoms with Crippen molar-refractivity contribution in [3.05, 3.63) is 42.0 Å². The Morgan fingerprint density at radius 2 is 1.40 bits per heavy atom. The second-order valence-corrected chi connectivity index (χ2v) is 10.8. The van der Waals surface area contributed by atoms with Crippen molar-refractivity contribution in [1.29, 1.82) is 0 Å². The van der Waals surface area contributed by atoms with Crippen LogP contribution >= 0.6 is 0 Å². The first-order chi connectivity index (χ1) is 16.8. The molecule has 0 aliphatic carbocycles. The summed E-state index contributed by atoms with van der Waals surface area (Å²) in [5.74, 6) is -0.386. The van der Waals surface area contributed by atoms with E-state index in [2.05, 4.69) is 19.1 Å². The minimum atomic E-state index is -3.95. The van der Waals surface area contributed by atoms with Crippen LogP contribution in [0.25, 0.3) is 0 Å². The van der Waals surface area contributed by atoms with E-state index in [1.807, 2.05) is 6.92 Å². The van der Waals surface area contributed by atoms with Gasteiger partial charge in [0.2, 0.25) is 0 Å². The predicted octanol–water partition coefficient (Wildman–Crippen LogP) is 6.64. The van der Waals surface area contributed by atoms with Gasteiger partial charge in [0.05, 0.1) is 11.5 Å². The van der Waals surface area contributed by atoms with E-state index >= 15 is 0 Å². The Morgan fingerprint density at radius 3 is 2.00 bits per heavy atom. The van der Waals surface area contributed by atoms with Crippen molar-refractivity contribution < 1.29 is 27.2 Å². The van der Waals surface area contributed by atoms with E-state index in [0.29, 0.717) is 6.42 Å². The van der Waals surface area contributed by atoms with Crippen LogP contribution in [-0.2, 0) is 23.8 Å². The molecule has 0 aliphatic rings. The van der Waals surface area contributed by atoms with E-state index in [1.165, 1.54) is 63.5 Å². The monoisotopic (exact) mass is 510 g/mol. The third kappa shape index (κ3) is 16.6. The zero-order chi connectivity index (χ0) is 25.8. The van der Waals surface area contributed by atoms with Gasteiger partial charge in [-0.3, -0.25) is 8.98 Å². The zero-order valence-corrected chi connectivity index (χ0v) is 22.6. The first-order valence-electron chi connectivity index (χ1n) is 13.3. The number of benzene rings is 1. The summed E-state index contributed by atoms with van der Waals surface area (Å²) in [5, 5.41) is 9.88. The number of allylic oxidation sites excluding steroid dienone is 2. The van der Waals surface area contributed by atoms with Crippen LogP contribution in [0.1, 0.15) is 102 Å². The maximum Gasteiger partial charge on any atom is 0.305 e. The lowest BCUT2D eigenvalue weighted by Gasteiger charge is -2.12. The molecule has 0 radical (unpaired) electrons. The molecule has 0 fully saturated rings. The number of aryl methyl sites for hydroxylation is 1. The molecule has 1 unspecified atom stereocenters. The summed E-state index contributed by atoms with van der Waals surface area (Å²) in [6.07, 6.45) is 19.2. The molecule has 0 saturated heterocycles. The van der Waals surface area contributed by atoms with Gasteiger partial charge in [-0.2, -0.15) is 8.42 Å². The van der Waals surface area contributed by atoms with Crippen LogP contribution in [0.15, 0.2) is 41.3 Å². The molecule has 35 heavy (non-hydrogen) atoms. The average molecular weight is 511 g/mol. The quantitative estimate of drug-likeness (QED) is 0.0862. The molecule has 0 bridgehead atoms. The first kappa shape index (κ1) is 31.3. The largest absolute Gasteiger partial charge is 0.463 e. The van der Waals surface area contributed by atoms with Crippen molar-refractivity contribution in [3.63, 3.8) is 0 Å². The van der Waals surface area contributed by atoms with Gasteiger partial charge in [0.25, 0.3) is 10.1 Å². The summed E-state index contributed by atoms with van der Waals surface area (Å²) >= 11 is 0. The van der Waals surface area contributed by atoms with E-state index in [-0.39, 0.29) is 17.5 Å². The Hall–Kier alpha value is -1.70. The lowest BCUT2D eigenvalue weighted by Crippen LogP contribution is -2.25. The SMILES string of the molecule is CCCCCCCC/C=C\CCCCCCCC(=O)OCC(O)COS(=O)(=O)c1ccc(C)cc1. The normalized spacial score (nSPS) is 12.8. The maximum atomic E-state index is 12.1. The molecule has 1 rings (SSSR count). The van der Waals surface area contributed by atoms with Crippen molar-refractivity contribution in [3.8, 4) is 0 Å². The second-order valence-electron chi connectivity index (χ2n) is 9.22.